The van der Waals surface area contributed by atoms with Gasteiger partial charge >= 0.3 is 5.97 Å². The van der Waals surface area contributed by atoms with E-state index >= 15 is 0 Å². The van der Waals surface area contributed by atoms with Crippen molar-refractivity contribution in [3.8, 4) is 0 Å². The summed E-state index contributed by atoms with van der Waals surface area (Å²) in [6.45, 7) is 3.29. The molecule has 2 saturated carbocycles. The molecule has 140 valence electrons. The lowest BCUT2D eigenvalue weighted by atomic mass is 9.75. The molecule has 2 amide bonds. The summed E-state index contributed by atoms with van der Waals surface area (Å²) in [4.78, 5) is 38.7. The van der Waals surface area contributed by atoms with E-state index < -0.39 is 11.5 Å². The van der Waals surface area contributed by atoms with Crippen LogP contribution >= 0.6 is 0 Å². The Morgan fingerprint density at radius 1 is 1.08 bits per heavy atom. The molecule has 6 nitrogen and oxygen atoms in total. The molecule has 0 aromatic rings. The molecule has 3 aliphatic rings. The summed E-state index contributed by atoms with van der Waals surface area (Å²) >= 11 is 0. The minimum atomic E-state index is -1.12. The van der Waals surface area contributed by atoms with E-state index in [1.54, 1.807) is 0 Å². The fraction of sp³-hybridized carbons (Fsp3) is 0.842. The molecule has 6 heteroatoms. The van der Waals surface area contributed by atoms with Crippen LogP contribution in [0.3, 0.4) is 0 Å². The standard InChI is InChI=1S/C19H30N2O4/c1-2-13-7-9-19(10-8-13,18(24)25)20-16(22)15-4-3-11-21(12-15)17(23)14-5-6-14/h13-15H,2-12H2,1H3,(H,20,22)(H,24,25). The highest BCUT2D eigenvalue weighted by Gasteiger charge is 2.44. The molecule has 1 aliphatic heterocycles. The Labute approximate surface area is 149 Å². The number of rotatable bonds is 5. The maximum absolute atomic E-state index is 12.8. The molecule has 3 rings (SSSR count). The Hall–Kier alpha value is -1.59. The fourth-order valence-electron chi connectivity index (χ4n) is 4.29. The summed E-state index contributed by atoms with van der Waals surface area (Å²) in [6.07, 6.45) is 7.24. The second-order valence-corrected chi connectivity index (χ2v) is 8.13. The average Bonchev–Trinajstić information content (AvgIpc) is 3.46. The van der Waals surface area contributed by atoms with Crippen LogP contribution < -0.4 is 5.32 Å². The van der Waals surface area contributed by atoms with Crippen molar-refractivity contribution in [2.75, 3.05) is 13.1 Å². The van der Waals surface area contributed by atoms with Crippen LogP contribution in [0.2, 0.25) is 0 Å². The van der Waals surface area contributed by atoms with E-state index in [1.807, 2.05) is 4.90 Å². The predicted octanol–water partition coefficient (Wildman–Crippen LogP) is 2.17. The lowest BCUT2D eigenvalue weighted by Gasteiger charge is -2.39. The molecule has 25 heavy (non-hydrogen) atoms. The number of nitrogens with one attached hydrogen (secondary N) is 1. The van der Waals surface area contributed by atoms with Gasteiger partial charge in [0.2, 0.25) is 11.8 Å². The van der Waals surface area contributed by atoms with Crippen LogP contribution in [0.5, 0.6) is 0 Å². The van der Waals surface area contributed by atoms with Gasteiger partial charge in [-0.15, -0.1) is 0 Å². The summed E-state index contributed by atoms with van der Waals surface area (Å²) in [5.41, 5.74) is -1.12. The summed E-state index contributed by atoms with van der Waals surface area (Å²) in [5.74, 6) is -0.490. The molecule has 1 unspecified atom stereocenters. The molecular formula is C19H30N2O4. The molecular weight excluding hydrogens is 320 g/mol. The van der Waals surface area contributed by atoms with Gasteiger partial charge in [-0.05, 0) is 57.3 Å². The third-order valence-electron chi connectivity index (χ3n) is 6.34. The van der Waals surface area contributed by atoms with Gasteiger partial charge in [-0.2, -0.15) is 0 Å². The first kappa shape index (κ1) is 18.2. The molecule has 2 N–H and O–H groups in total. The molecule has 1 saturated heterocycles. The fourth-order valence-corrected chi connectivity index (χ4v) is 4.29. The van der Waals surface area contributed by atoms with Crippen molar-refractivity contribution in [2.24, 2.45) is 17.8 Å². The quantitative estimate of drug-likeness (QED) is 0.795. The maximum atomic E-state index is 12.8. The van der Waals surface area contributed by atoms with Gasteiger partial charge in [0.05, 0.1) is 5.92 Å². The van der Waals surface area contributed by atoms with Crippen LogP contribution in [0.1, 0.15) is 64.7 Å². The summed E-state index contributed by atoms with van der Waals surface area (Å²) in [5, 5.41) is 12.6. The first-order chi connectivity index (χ1) is 11.9. The van der Waals surface area contributed by atoms with Crippen LogP contribution in [0.25, 0.3) is 0 Å². The van der Waals surface area contributed by atoms with E-state index in [-0.39, 0.29) is 23.7 Å². The minimum absolute atomic E-state index is 0.163. The number of hydrogen-bond acceptors (Lipinski definition) is 3. The highest BCUT2D eigenvalue weighted by molar-refractivity contribution is 5.89. The Morgan fingerprint density at radius 2 is 1.76 bits per heavy atom. The van der Waals surface area contributed by atoms with E-state index in [2.05, 4.69) is 12.2 Å². The molecule has 0 spiro atoms. The Morgan fingerprint density at radius 3 is 2.32 bits per heavy atom. The van der Waals surface area contributed by atoms with Crippen LogP contribution in [-0.4, -0.2) is 46.4 Å². The third-order valence-corrected chi connectivity index (χ3v) is 6.34. The molecule has 0 aromatic heterocycles. The SMILES string of the molecule is CCC1CCC(NC(=O)C2CCCN(C(=O)C3CC3)C2)(C(=O)O)CC1. The van der Waals surface area contributed by atoms with Crippen LogP contribution in [0.15, 0.2) is 0 Å². The monoisotopic (exact) mass is 350 g/mol. The van der Waals surface area contributed by atoms with Crippen molar-refractivity contribution in [2.45, 2.75) is 70.3 Å². The van der Waals surface area contributed by atoms with Gasteiger partial charge in [0.25, 0.3) is 0 Å². The Balaban J connectivity index is 1.61. The molecule has 3 fully saturated rings. The van der Waals surface area contributed by atoms with Gasteiger partial charge in [-0.3, -0.25) is 9.59 Å². The van der Waals surface area contributed by atoms with Crippen molar-refractivity contribution in [3.63, 3.8) is 0 Å². The lowest BCUT2D eigenvalue weighted by molar-refractivity contribution is -0.151. The van der Waals surface area contributed by atoms with Crippen molar-refractivity contribution in [3.05, 3.63) is 0 Å². The highest BCUT2D eigenvalue weighted by Crippen LogP contribution is 2.35. The second kappa shape index (κ2) is 7.34. The minimum Gasteiger partial charge on any atom is -0.480 e. The molecule has 2 aliphatic carbocycles. The summed E-state index contributed by atoms with van der Waals surface area (Å²) in [7, 11) is 0. The number of aliphatic carboxylic acids is 1. The Kier molecular flexibility index (Phi) is 5.35. The van der Waals surface area contributed by atoms with E-state index in [0.717, 1.165) is 51.5 Å². The average molecular weight is 350 g/mol. The largest absolute Gasteiger partial charge is 0.480 e. The molecule has 1 atom stereocenters. The molecule has 0 radical (unpaired) electrons. The zero-order valence-corrected chi connectivity index (χ0v) is 15.1. The maximum Gasteiger partial charge on any atom is 0.329 e. The van der Waals surface area contributed by atoms with Crippen molar-refractivity contribution in [1.29, 1.82) is 0 Å². The van der Waals surface area contributed by atoms with Crippen LogP contribution in [0.4, 0.5) is 0 Å². The zero-order valence-electron chi connectivity index (χ0n) is 15.1. The van der Waals surface area contributed by atoms with E-state index in [0.29, 0.717) is 25.3 Å². The van der Waals surface area contributed by atoms with Crippen molar-refractivity contribution in [1.82, 2.24) is 10.2 Å². The topological polar surface area (TPSA) is 86.7 Å². The number of hydrogen-bond donors (Lipinski definition) is 2. The van der Waals surface area contributed by atoms with Crippen LogP contribution in [-0.2, 0) is 14.4 Å². The predicted molar refractivity (Wildman–Crippen MR) is 92.8 cm³/mol. The number of piperidine rings is 1. The van der Waals surface area contributed by atoms with Gasteiger partial charge in [0, 0.05) is 19.0 Å². The molecule has 0 bridgehead atoms. The van der Waals surface area contributed by atoms with Crippen LogP contribution in [0, 0.1) is 17.8 Å². The normalized spacial score (nSPS) is 32.9. The van der Waals surface area contributed by atoms with Gasteiger partial charge in [-0.1, -0.05) is 13.3 Å². The number of likely N-dealkylation sites (tertiary alicyclic amines) is 1. The third kappa shape index (κ3) is 3.98. The van der Waals surface area contributed by atoms with Crippen molar-refractivity contribution >= 4 is 17.8 Å². The molecule has 1 heterocycles. The summed E-state index contributed by atoms with van der Waals surface area (Å²) < 4.78 is 0. The number of carbonyl (C=O) groups excluding carboxylic acids is 2. The van der Waals surface area contributed by atoms with Gasteiger partial charge < -0.3 is 15.3 Å². The van der Waals surface area contributed by atoms with E-state index in [4.69, 9.17) is 0 Å². The Bertz CT molecular complexity index is 536. The number of carbonyl (C=O) groups is 3. The van der Waals surface area contributed by atoms with Gasteiger partial charge in [-0.25, -0.2) is 4.79 Å². The first-order valence-electron chi connectivity index (χ1n) is 9.79. The number of nitrogens with zero attached hydrogens (tertiary/aromatic N) is 1. The summed E-state index contributed by atoms with van der Waals surface area (Å²) in [6, 6.07) is 0. The smallest absolute Gasteiger partial charge is 0.329 e. The number of carboxylic acid groups (broad SMARTS) is 1. The van der Waals surface area contributed by atoms with Gasteiger partial charge in [0.1, 0.15) is 5.54 Å². The number of amides is 2. The van der Waals surface area contributed by atoms with Crippen molar-refractivity contribution < 1.29 is 19.5 Å². The second-order valence-electron chi connectivity index (χ2n) is 8.13. The van der Waals surface area contributed by atoms with E-state index in [1.165, 1.54) is 0 Å². The lowest BCUT2D eigenvalue weighted by Crippen LogP contribution is -2.59. The first-order valence-corrected chi connectivity index (χ1v) is 9.79. The molecule has 0 aromatic carbocycles. The highest BCUT2D eigenvalue weighted by atomic mass is 16.4. The van der Waals surface area contributed by atoms with Gasteiger partial charge in [0.15, 0.2) is 0 Å². The van der Waals surface area contributed by atoms with E-state index in [9.17, 15) is 19.5 Å². The number of carboxylic acids is 1. The zero-order chi connectivity index (χ0) is 18.0.